The van der Waals surface area contributed by atoms with Crippen molar-refractivity contribution in [3.05, 3.63) is 88.8 Å². The van der Waals surface area contributed by atoms with E-state index in [0.29, 0.717) is 39.7 Å². The predicted molar refractivity (Wildman–Crippen MR) is 136 cm³/mol. The fourth-order valence-corrected chi connectivity index (χ4v) is 4.39. The van der Waals surface area contributed by atoms with Gasteiger partial charge in [-0.1, -0.05) is 18.2 Å². The Morgan fingerprint density at radius 2 is 1.75 bits per heavy atom. The number of carbonyl (C=O) groups excluding carboxylic acids is 2. The minimum absolute atomic E-state index is 0.209. The number of ketones is 1. The van der Waals surface area contributed by atoms with Crippen LogP contribution in [0.3, 0.4) is 0 Å². The first-order valence-corrected chi connectivity index (χ1v) is 11.5. The van der Waals surface area contributed by atoms with E-state index in [1.54, 1.807) is 43.3 Å². The molecule has 0 saturated heterocycles. The number of carbonyl (C=O) groups is 2. The monoisotopic (exact) mass is 483 g/mol. The van der Waals surface area contributed by atoms with Crippen molar-refractivity contribution in [2.75, 3.05) is 14.2 Å². The highest BCUT2D eigenvalue weighted by Gasteiger charge is 2.31. The SMILES string of the molecule is CCn1cc(/C=C2/Oc3c(ccc(OC(=O)c4ccc(OC)c(OC)c4)c3C)C2=O)c2ccccc21. The predicted octanol–water partition coefficient (Wildman–Crippen LogP) is 5.82. The molecule has 0 aliphatic carbocycles. The van der Waals surface area contributed by atoms with Crippen LogP contribution < -0.4 is 18.9 Å². The molecule has 36 heavy (non-hydrogen) atoms. The molecule has 0 unspecified atom stereocenters. The summed E-state index contributed by atoms with van der Waals surface area (Å²) in [6, 6.07) is 16.1. The molecule has 7 nitrogen and oxygen atoms in total. The van der Waals surface area contributed by atoms with Gasteiger partial charge in [-0.15, -0.1) is 0 Å². The number of aromatic nitrogens is 1. The topological polar surface area (TPSA) is 76.0 Å². The zero-order valence-corrected chi connectivity index (χ0v) is 20.5. The van der Waals surface area contributed by atoms with Crippen LogP contribution in [0.15, 0.2) is 66.6 Å². The van der Waals surface area contributed by atoms with Gasteiger partial charge in [-0.05, 0) is 56.3 Å². The molecule has 1 aromatic heterocycles. The highest BCUT2D eigenvalue weighted by molar-refractivity contribution is 6.15. The zero-order valence-electron chi connectivity index (χ0n) is 20.5. The van der Waals surface area contributed by atoms with E-state index < -0.39 is 5.97 Å². The van der Waals surface area contributed by atoms with Crippen LogP contribution in [-0.4, -0.2) is 30.5 Å². The smallest absolute Gasteiger partial charge is 0.343 e. The highest BCUT2D eigenvalue weighted by atomic mass is 16.5. The number of esters is 1. The van der Waals surface area contributed by atoms with Crippen LogP contribution >= 0.6 is 0 Å². The van der Waals surface area contributed by atoms with Crippen molar-refractivity contribution in [1.82, 2.24) is 4.57 Å². The number of ether oxygens (including phenoxy) is 4. The van der Waals surface area contributed by atoms with Gasteiger partial charge in [-0.2, -0.15) is 0 Å². The minimum Gasteiger partial charge on any atom is -0.493 e. The third-order valence-electron chi connectivity index (χ3n) is 6.31. The van der Waals surface area contributed by atoms with Gasteiger partial charge in [0.05, 0.1) is 25.3 Å². The molecule has 0 bridgehead atoms. The zero-order chi connectivity index (χ0) is 25.4. The van der Waals surface area contributed by atoms with Gasteiger partial charge < -0.3 is 23.5 Å². The maximum atomic E-state index is 13.1. The molecule has 0 saturated carbocycles. The van der Waals surface area contributed by atoms with Crippen molar-refractivity contribution < 1.29 is 28.5 Å². The third kappa shape index (κ3) is 3.88. The number of fused-ring (bicyclic) bond motifs is 2. The fraction of sp³-hybridized carbons (Fsp3) is 0.172. The van der Waals surface area contributed by atoms with E-state index >= 15 is 0 Å². The Labute approximate surface area is 208 Å². The lowest BCUT2D eigenvalue weighted by Gasteiger charge is -2.12. The van der Waals surface area contributed by atoms with E-state index in [9.17, 15) is 9.59 Å². The van der Waals surface area contributed by atoms with Crippen molar-refractivity contribution in [2.45, 2.75) is 20.4 Å². The van der Waals surface area contributed by atoms with Gasteiger partial charge in [0.15, 0.2) is 17.3 Å². The van der Waals surface area contributed by atoms with Crippen LogP contribution in [0.1, 0.15) is 38.8 Å². The molecule has 1 aliphatic rings. The number of aryl methyl sites for hydroxylation is 1. The number of hydrogen-bond acceptors (Lipinski definition) is 6. The first-order valence-electron chi connectivity index (χ1n) is 11.5. The number of nitrogens with zero attached hydrogens (tertiary/aromatic N) is 1. The van der Waals surface area contributed by atoms with E-state index in [2.05, 4.69) is 17.6 Å². The summed E-state index contributed by atoms with van der Waals surface area (Å²) >= 11 is 0. The van der Waals surface area contributed by atoms with Crippen molar-refractivity contribution in [3.63, 3.8) is 0 Å². The summed E-state index contributed by atoms with van der Waals surface area (Å²) in [6.07, 6.45) is 3.78. The molecule has 0 amide bonds. The first-order chi connectivity index (χ1) is 17.4. The Kier molecular flexibility index (Phi) is 5.98. The van der Waals surface area contributed by atoms with Crippen molar-refractivity contribution in [2.24, 2.45) is 0 Å². The van der Waals surface area contributed by atoms with Gasteiger partial charge in [-0.3, -0.25) is 4.79 Å². The molecule has 7 heteroatoms. The molecule has 3 aromatic carbocycles. The maximum absolute atomic E-state index is 13.1. The lowest BCUT2D eigenvalue weighted by atomic mass is 10.1. The largest absolute Gasteiger partial charge is 0.493 e. The molecule has 0 fully saturated rings. The van der Waals surface area contributed by atoms with Gasteiger partial charge in [0, 0.05) is 34.8 Å². The van der Waals surface area contributed by atoms with E-state index in [0.717, 1.165) is 23.0 Å². The van der Waals surface area contributed by atoms with Gasteiger partial charge >= 0.3 is 5.97 Å². The molecule has 0 atom stereocenters. The number of para-hydroxylation sites is 1. The van der Waals surface area contributed by atoms with E-state index in [1.165, 1.54) is 14.2 Å². The number of methoxy groups -OCH3 is 2. The molecular formula is C29H25NO6. The van der Waals surface area contributed by atoms with Crippen LogP contribution in [0, 0.1) is 6.92 Å². The lowest BCUT2D eigenvalue weighted by molar-refractivity contribution is 0.0732. The van der Waals surface area contributed by atoms with Gasteiger partial charge in [0.25, 0.3) is 0 Å². The number of hydrogen-bond donors (Lipinski definition) is 0. The minimum atomic E-state index is -0.563. The Hall–Kier alpha value is -4.52. The third-order valence-corrected chi connectivity index (χ3v) is 6.31. The standard InChI is InChI=1S/C29H25NO6/c1-5-30-16-19(20-8-6-7-9-22(20)30)15-26-27(31)21-11-13-23(17(2)28(21)35-26)36-29(32)18-10-12-24(33-3)25(14-18)34-4/h6-16H,5H2,1-4H3/b26-15+. The summed E-state index contributed by atoms with van der Waals surface area (Å²) in [5, 5.41) is 1.04. The molecule has 2 heterocycles. The van der Waals surface area contributed by atoms with Crippen LogP contribution in [0.25, 0.3) is 17.0 Å². The molecular weight excluding hydrogens is 458 g/mol. The van der Waals surface area contributed by atoms with Gasteiger partial charge in [0.2, 0.25) is 5.78 Å². The molecule has 0 spiro atoms. The molecule has 1 aliphatic heterocycles. The first kappa shape index (κ1) is 23.2. The molecule has 0 N–H and O–H groups in total. The second-order valence-corrected chi connectivity index (χ2v) is 8.35. The number of allylic oxidation sites excluding steroid dienone is 1. The molecule has 5 rings (SSSR count). The van der Waals surface area contributed by atoms with Gasteiger partial charge in [0.1, 0.15) is 11.5 Å². The average Bonchev–Trinajstić information content (AvgIpc) is 3.43. The normalized spacial score (nSPS) is 13.6. The Balaban J connectivity index is 1.44. The summed E-state index contributed by atoms with van der Waals surface area (Å²) < 4.78 is 24.3. The summed E-state index contributed by atoms with van der Waals surface area (Å²) in [7, 11) is 3.02. The quantitative estimate of drug-likeness (QED) is 0.195. The van der Waals surface area contributed by atoms with E-state index in [4.69, 9.17) is 18.9 Å². The van der Waals surface area contributed by atoms with Crippen LogP contribution in [0.2, 0.25) is 0 Å². The number of benzene rings is 3. The maximum Gasteiger partial charge on any atom is 0.343 e. The number of rotatable bonds is 6. The van der Waals surface area contributed by atoms with Crippen molar-refractivity contribution in [3.8, 4) is 23.0 Å². The van der Waals surface area contributed by atoms with Crippen LogP contribution in [0.5, 0.6) is 23.0 Å². The van der Waals surface area contributed by atoms with Crippen LogP contribution in [-0.2, 0) is 6.54 Å². The van der Waals surface area contributed by atoms with Crippen molar-refractivity contribution >= 4 is 28.7 Å². The Morgan fingerprint density at radius 3 is 2.50 bits per heavy atom. The summed E-state index contributed by atoms with van der Waals surface area (Å²) in [6.45, 7) is 4.65. The lowest BCUT2D eigenvalue weighted by Crippen LogP contribution is -2.10. The number of Topliss-reactive ketones (excluding diaryl/α,β-unsaturated/α-hetero) is 1. The summed E-state index contributed by atoms with van der Waals surface area (Å²) in [4.78, 5) is 25.9. The Morgan fingerprint density at radius 1 is 1.00 bits per heavy atom. The van der Waals surface area contributed by atoms with Crippen LogP contribution in [0.4, 0.5) is 0 Å². The van der Waals surface area contributed by atoms with E-state index in [1.807, 2.05) is 24.4 Å². The fourth-order valence-electron chi connectivity index (χ4n) is 4.39. The molecule has 4 aromatic rings. The average molecular weight is 484 g/mol. The summed E-state index contributed by atoms with van der Waals surface area (Å²) in [5.41, 5.74) is 3.30. The second-order valence-electron chi connectivity index (χ2n) is 8.35. The molecule has 182 valence electrons. The van der Waals surface area contributed by atoms with E-state index in [-0.39, 0.29) is 11.5 Å². The second kappa shape index (κ2) is 9.26. The Bertz CT molecular complexity index is 1550. The summed E-state index contributed by atoms with van der Waals surface area (Å²) in [5.74, 6) is 1.09. The molecule has 0 radical (unpaired) electrons. The van der Waals surface area contributed by atoms with Gasteiger partial charge in [-0.25, -0.2) is 4.79 Å². The highest BCUT2D eigenvalue weighted by Crippen LogP contribution is 2.40. The van der Waals surface area contributed by atoms with Crippen molar-refractivity contribution in [1.29, 1.82) is 0 Å².